The van der Waals surface area contributed by atoms with E-state index in [9.17, 15) is 9.59 Å². The van der Waals surface area contributed by atoms with Gasteiger partial charge in [-0.05, 0) is 18.4 Å². The number of amides is 1. The van der Waals surface area contributed by atoms with E-state index in [0.29, 0.717) is 24.9 Å². The van der Waals surface area contributed by atoms with Crippen molar-refractivity contribution in [3.63, 3.8) is 0 Å². The Kier molecular flexibility index (Phi) is 6.94. The van der Waals surface area contributed by atoms with Crippen molar-refractivity contribution in [3.8, 4) is 0 Å². The standard InChI is InChI=1S/C17H22N4O3/c1-2-6-16(21-11-15(12-22)19-20-21)9-10-18-17(23)24-13-14-7-4-3-5-8-14/h3-5,7-8,11-12,16H,2,6,9-10,13H2,1H3,(H,18,23). The van der Waals surface area contributed by atoms with Crippen molar-refractivity contribution >= 4 is 12.4 Å². The van der Waals surface area contributed by atoms with Crippen LogP contribution in [-0.4, -0.2) is 33.9 Å². The molecular formula is C17H22N4O3. The summed E-state index contributed by atoms with van der Waals surface area (Å²) in [4.78, 5) is 22.4. The van der Waals surface area contributed by atoms with Crippen molar-refractivity contribution in [2.24, 2.45) is 0 Å². The lowest BCUT2D eigenvalue weighted by molar-refractivity contribution is 0.111. The zero-order chi connectivity index (χ0) is 17.2. The Morgan fingerprint density at radius 1 is 1.33 bits per heavy atom. The number of carbonyl (C=O) groups is 2. The molecule has 128 valence electrons. The van der Waals surface area contributed by atoms with Crippen LogP contribution < -0.4 is 5.32 Å². The molecule has 7 nitrogen and oxygen atoms in total. The van der Waals surface area contributed by atoms with Crippen LogP contribution in [0, 0.1) is 0 Å². The fourth-order valence-corrected chi connectivity index (χ4v) is 2.38. The third-order valence-corrected chi connectivity index (χ3v) is 3.60. The Morgan fingerprint density at radius 2 is 2.12 bits per heavy atom. The summed E-state index contributed by atoms with van der Waals surface area (Å²) in [6.07, 6.45) is 4.41. The molecule has 0 aliphatic heterocycles. The van der Waals surface area contributed by atoms with E-state index in [1.807, 2.05) is 30.3 Å². The van der Waals surface area contributed by atoms with Crippen LogP contribution >= 0.6 is 0 Å². The molecule has 1 amide bonds. The molecule has 0 fully saturated rings. The second-order valence-electron chi connectivity index (χ2n) is 5.46. The first-order valence-corrected chi connectivity index (χ1v) is 8.04. The van der Waals surface area contributed by atoms with Crippen LogP contribution in [0.4, 0.5) is 4.79 Å². The molecule has 1 aromatic heterocycles. The minimum Gasteiger partial charge on any atom is -0.445 e. The smallest absolute Gasteiger partial charge is 0.407 e. The number of aromatic nitrogens is 3. The molecule has 0 saturated heterocycles. The summed E-state index contributed by atoms with van der Waals surface area (Å²) in [7, 11) is 0. The van der Waals surface area contributed by atoms with E-state index in [0.717, 1.165) is 18.4 Å². The molecule has 1 unspecified atom stereocenters. The summed E-state index contributed by atoms with van der Waals surface area (Å²) < 4.78 is 6.85. The van der Waals surface area contributed by atoms with Gasteiger partial charge in [0.15, 0.2) is 6.29 Å². The highest BCUT2D eigenvalue weighted by molar-refractivity contribution is 5.70. The monoisotopic (exact) mass is 330 g/mol. The van der Waals surface area contributed by atoms with Crippen molar-refractivity contribution < 1.29 is 14.3 Å². The summed E-state index contributed by atoms with van der Waals surface area (Å²) in [5.41, 5.74) is 1.26. The summed E-state index contributed by atoms with van der Waals surface area (Å²) >= 11 is 0. The molecule has 0 aliphatic carbocycles. The number of nitrogens with zero attached hydrogens (tertiary/aromatic N) is 3. The van der Waals surface area contributed by atoms with Crippen LogP contribution in [0.1, 0.15) is 48.3 Å². The maximum atomic E-state index is 11.7. The van der Waals surface area contributed by atoms with Gasteiger partial charge in [0.1, 0.15) is 12.3 Å². The summed E-state index contributed by atoms with van der Waals surface area (Å²) in [5.74, 6) is 0. The van der Waals surface area contributed by atoms with Gasteiger partial charge in [-0.1, -0.05) is 48.9 Å². The molecule has 2 aromatic rings. The van der Waals surface area contributed by atoms with Gasteiger partial charge in [0.05, 0.1) is 12.2 Å². The second kappa shape index (κ2) is 9.44. The molecule has 2 rings (SSSR count). The predicted molar refractivity (Wildman–Crippen MR) is 88.6 cm³/mol. The third-order valence-electron chi connectivity index (χ3n) is 3.60. The molecule has 0 bridgehead atoms. The number of aldehydes is 1. The Morgan fingerprint density at radius 3 is 2.79 bits per heavy atom. The van der Waals surface area contributed by atoms with E-state index in [1.54, 1.807) is 10.9 Å². The predicted octanol–water partition coefficient (Wildman–Crippen LogP) is 2.75. The van der Waals surface area contributed by atoms with E-state index in [4.69, 9.17) is 4.74 Å². The minimum atomic E-state index is -0.443. The van der Waals surface area contributed by atoms with Gasteiger partial charge in [-0.2, -0.15) is 0 Å². The molecule has 0 spiro atoms. The largest absolute Gasteiger partial charge is 0.445 e. The summed E-state index contributed by atoms with van der Waals surface area (Å²) in [5, 5.41) is 10.5. The molecule has 0 saturated carbocycles. The van der Waals surface area contributed by atoms with Gasteiger partial charge in [-0.3, -0.25) is 4.79 Å². The van der Waals surface area contributed by atoms with Gasteiger partial charge < -0.3 is 10.1 Å². The number of hydrogen-bond donors (Lipinski definition) is 1. The van der Waals surface area contributed by atoms with Crippen molar-refractivity contribution in [2.45, 2.75) is 38.8 Å². The number of benzene rings is 1. The van der Waals surface area contributed by atoms with Crippen molar-refractivity contribution in [3.05, 3.63) is 47.8 Å². The number of rotatable bonds is 9. The molecule has 1 N–H and O–H groups in total. The van der Waals surface area contributed by atoms with Gasteiger partial charge in [0.25, 0.3) is 0 Å². The van der Waals surface area contributed by atoms with Crippen LogP contribution in [0.3, 0.4) is 0 Å². The molecule has 7 heteroatoms. The van der Waals surface area contributed by atoms with Gasteiger partial charge in [-0.25, -0.2) is 9.48 Å². The summed E-state index contributed by atoms with van der Waals surface area (Å²) in [6, 6.07) is 9.61. The number of hydrogen-bond acceptors (Lipinski definition) is 5. The van der Waals surface area contributed by atoms with Gasteiger partial charge in [-0.15, -0.1) is 5.10 Å². The molecule has 0 radical (unpaired) electrons. The quantitative estimate of drug-likeness (QED) is 0.714. The summed E-state index contributed by atoms with van der Waals surface area (Å²) in [6.45, 7) is 2.79. The lowest BCUT2D eigenvalue weighted by atomic mass is 10.1. The van der Waals surface area contributed by atoms with Crippen LogP contribution in [0.2, 0.25) is 0 Å². The van der Waals surface area contributed by atoms with E-state index in [1.165, 1.54) is 0 Å². The minimum absolute atomic E-state index is 0.0885. The Bertz CT molecular complexity index is 642. The first-order chi connectivity index (χ1) is 11.7. The molecule has 0 aliphatic rings. The van der Waals surface area contributed by atoms with Crippen LogP contribution in [0.15, 0.2) is 36.5 Å². The fourth-order valence-electron chi connectivity index (χ4n) is 2.38. The van der Waals surface area contributed by atoms with Gasteiger partial charge >= 0.3 is 6.09 Å². The van der Waals surface area contributed by atoms with E-state index >= 15 is 0 Å². The lowest BCUT2D eigenvalue weighted by Crippen LogP contribution is -2.27. The highest BCUT2D eigenvalue weighted by Gasteiger charge is 2.13. The molecule has 1 heterocycles. The first-order valence-electron chi connectivity index (χ1n) is 8.04. The van der Waals surface area contributed by atoms with Gasteiger partial charge in [0.2, 0.25) is 0 Å². The average molecular weight is 330 g/mol. The number of alkyl carbamates (subject to hydrolysis) is 1. The number of ether oxygens (including phenoxy) is 1. The average Bonchev–Trinajstić information content (AvgIpc) is 3.09. The lowest BCUT2D eigenvalue weighted by Gasteiger charge is -2.16. The Hall–Kier alpha value is -2.70. The highest BCUT2D eigenvalue weighted by atomic mass is 16.5. The second-order valence-corrected chi connectivity index (χ2v) is 5.46. The topological polar surface area (TPSA) is 86.1 Å². The zero-order valence-electron chi connectivity index (χ0n) is 13.7. The van der Waals surface area contributed by atoms with E-state index in [-0.39, 0.29) is 12.6 Å². The number of nitrogens with one attached hydrogen (secondary N) is 1. The Labute approximate surface area is 141 Å². The van der Waals surface area contributed by atoms with Crippen LogP contribution in [0.25, 0.3) is 0 Å². The molecule has 24 heavy (non-hydrogen) atoms. The normalized spacial score (nSPS) is 11.7. The third kappa shape index (κ3) is 5.49. The SMILES string of the molecule is CCCC(CCNC(=O)OCc1ccccc1)n1cc(C=O)nn1. The highest BCUT2D eigenvalue weighted by Crippen LogP contribution is 2.16. The maximum absolute atomic E-state index is 11.7. The van der Waals surface area contributed by atoms with E-state index < -0.39 is 6.09 Å². The fraction of sp³-hybridized carbons (Fsp3) is 0.412. The number of carbonyl (C=O) groups excluding carboxylic acids is 2. The molecular weight excluding hydrogens is 308 g/mol. The first kappa shape index (κ1) is 17.7. The van der Waals surface area contributed by atoms with Crippen LogP contribution in [-0.2, 0) is 11.3 Å². The van der Waals surface area contributed by atoms with E-state index in [2.05, 4.69) is 22.6 Å². The zero-order valence-corrected chi connectivity index (χ0v) is 13.7. The molecule has 1 atom stereocenters. The molecule has 1 aromatic carbocycles. The van der Waals surface area contributed by atoms with Gasteiger partial charge in [0, 0.05) is 6.54 Å². The van der Waals surface area contributed by atoms with Crippen molar-refractivity contribution in [2.75, 3.05) is 6.54 Å². The Balaban J connectivity index is 1.75. The van der Waals surface area contributed by atoms with Crippen LogP contribution in [0.5, 0.6) is 0 Å². The van der Waals surface area contributed by atoms with Crippen molar-refractivity contribution in [1.82, 2.24) is 20.3 Å². The maximum Gasteiger partial charge on any atom is 0.407 e. The van der Waals surface area contributed by atoms with Crippen molar-refractivity contribution in [1.29, 1.82) is 0 Å².